The first-order valence-corrected chi connectivity index (χ1v) is 14.1. The van der Waals surface area contributed by atoms with E-state index in [4.69, 9.17) is 5.73 Å². The van der Waals surface area contributed by atoms with Gasteiger partial charge in [-0.2, -0.15) is 0 Å². The summed E-state index contributed by atoms with van der Waals surface area (Å²) in [5.74, 6) is 1.73. The van der Waals surface area contributed by atoms with E-state index in [0.717, 1.165) is 83.7 Å². The summed E-state index contributed by atoms with van der Waals surface area (Å²) in [6.07, 6.45) is 11.3. The average molecular weight is 495 g/mol. The van der Waals surface area contributed by atoms with Crippen molar-refractivity contribution in [3.8, 4) is 0 Å². The molecule has 8 heteroatoms. The summed E-state index contributed by atoms with van der Waals surface area (Å²) in [6.45, 7) is 10.2. The molecule has 2 aliphatic rings. The Morgan fingerprint density at radius 3 is 1.86 bits per heavy atom. The third kappa shape index (κ3) is 14.2. The number of hydrogen-bond acceptors (Lipinski definition) is 6. The van der Waals surface area contributed by atoms with E-state index >= 15 is 0 Å². The van der Waals surface area contributed by atoms with Crippen molar-refractivity contribution in [2.24, 2.45) is 17.6 Å². The van der Waals surface area contributed by atoms with Crippen LogP contribution in [0.3, 0.4) is 0 Å². The zero-order valence-electron chi connectivity index (χ0n) is 23.0. The summed E-state index contributed by atoms with van der Waals surface area (Å²) in [5, 5.41) is 3.10. The van der Waals surface area contributed by atoms with Crippen LogP contribution in [0, 0.1) is 11.8 Å². The maximum atomic E-state index is 12.2. The second-order valence-corrected chi connectivity index (χ2v) is 11.3. The number of rotatable bonds is 17. The maximum Gasteiger partial charge on any atom is 0.221 e. The number of nitrogens with one attached hydrogen (secondary N) is 1. The molecule has 0 spiro atoms. The molecule has 3 N–H and O–H groups in total. The summed E-state index contributed by atoms with van der Waals surface area (Å²) in [6, 6.07) is 0. The second kappa shape index (κ2) is 17.3. The number of piperidine rings is 2. The lowest BCUT2D eigenvalue weighted by atomic mass is 9.87. The summed E-state index contributed by atoms with van der Waals surface area (Å²) in [7, 11) is 6.34. The number of likely N-dealkylation sites (N-methyl/N-ethyl adjacent to an activating group) is 2. The fourth-order valence-corrected chi connectivity index (χ4v) is 5.37. The molecule has 0 bridgehead atoms. The van der Waals surface area contributed by atoms with Crippen molar-refractivity contribution in [1.82, 2.24) is 24.9 Å². The molecule has 8 nitrogen and oxygen atoms in total. The van der Waals surface area contributed by atoms with E-state index in [-0.39, 0.29) is 11.8 Å². The Balaban J connectivity index is 1.43. The van der Waals surface area contributed by atoms with Crippen LogP contribution in [-0.4, -0.2) is 118 Å². The minimum Gasteiger partial charge on any atom is -0.370 e. The van der Waals surface area contributed by atoms with Gasteiger partial charge >= 0.3 is 0 Å². The van der Waals surface area contributed by atoms with E-state index < -0.39 is 0 Å². The van der Waals surface area contributed by atoms with Crippen LogP contribution >= 0.6 is 0 Å². The molecule has 204 valence electrons. The first-order valence-electron chi connectivity index (χ1n) is 14.1. The third-order valence-electron chi connectivity index (χ3n) is 7.94. The fourth-order valence-electron chi connectivity index (χ4n) is 5.37. The fraction of sp³-hybridized carbons (Fsp3) is 0.926. The van der Waals surface area contributed by atoms with Gasteiger partial charge in [-0.15, -0.1) is 0 Å². The van der Waals surface area contributed by atoms with Crippen LogP contribution in [0.2, 0.25) is 0 Å². The van der Waals surface area contributed by atoms with Crippen molar-refractivity contribution in [1.29, 1.82) is 0 Å². The Kier molecular flexibility index (Phi) is 14.8. The molecule has 2 heterocycles. The lowest BCUT2D eigenvalue weighted by molar-refractivity contribution is -0.121. The van der Waals surface area contributed by atoms with Crippen molar-refractivity contribution in [2.45, 2.75) is 64.2 Å². The highest BCUT2D eigenvalue weighted by Crippen LogP contribution is 2.27. The minimum absolute atomic E-state index is 0.188. The molecular weight excluding hydrogens is 440 g/mol. The van der Waals surface area contributed by atoms with Gasteiger partial charge in [0.15, 0.2) is 0 Å². The van der Waals surface area contributed by atoms with Gasteiger partial charge in [0.2, 0.25) is 11.8 Å². The number of primary amides is 1. The molecule has 0 atom stereocenters. The average Bonchev–Trinajstić information content (AvgIpc) is 2.84. The van der Waals surface area contributed by atoms with Crippen LogP contribution in [-0.2, 0) is 9.59 Å². The summed E-state index contributed by atoms with van der Waals surface area (Å²) in [5.41, 5.74) is 5.27. The first kappa shape index (κ1) is 30.0. The van der Waals surface area contributed by atoms with Gasteiger partial charge in [-0.25, -0.2) is 0 Å². The summed E-state index contributed by atoms with van der Waals surface area (Å²) >= 11 is 0. The van der Waals surface area contributed by atoms with Crippen molar-refractivity contribution < 1.29 is 9.59 Å². The van der Waals surface area contributed by atoms with Crippen LogP contribution in [0.1, 0.15) is 64.2 Å². The van der Waals surface area contributed by atoms with Crippen LogP contribution in [0.4, 0.5) is 0 Å². The van der Waals surface area contributed by atoms with Gasteiger partial charge in [-0.05, 0) is 97.8 Å². The topological polar surface area (TPSA) is 85.2 Å². The SMILES string of the molecule is CN(C)CCN(C)CCCNC(=O)CCN1CCC(CCCC2CCN(CCC(N)=O)CC2)CC1. The zero-order valence-corrected chi connectivity index (χ0v) is 23.0. The Labute approximate surface area is 214 Å². The van der Waals surface area contributed by atoms with Gasteiger partial charge in [0.25, 0.3) is 0 Å². The number of hydrogen-bond donors (Lipinski definition) is 2. The van der Waals surface area contributed by atoms with Crippen molar-refractivity contribution in [3.63, 3.8) is 0 Å². The Bertz CT molecular complexity index is 586. The van der Waals surface area contributed by atoms with Crippen LogP contribution in [0.25, 0.3) is 0 Å². The number of carbonyl (C=O) groups is 2. The quantitative estimate of drug-likeness (QED) is 0.300. The van der Waals surface area contributed by atoms with Crippen molar-refractivity contribution >= 4 is 11.8 Å². The first-order chi connectivity index (χ1) is 16.8. The Morgan fingerprint density at radius 1 is 0.800 bits per heavy atom. The van der Waals surface area contributed by atoms with Gasteiger partial charge < -0.3 is 30.7 Å². The molecular formula is C27H54N6O2. The van der Waals surface area contributed by atoms with Gasteiger partial charge in [0.05, 0.1) is 0 Å². The number of nitrogens with zero attached hydrogens (tertiary/aromatic N) is 4. The highest BCUT2D eigenvalue weighted by Gasteiger charge is 2.22. The lowest BCUT2D eigenvalue weighted by Gasteiger charge is -2.33. The Morgan fingerprint density at radius 2 is 1.34 bits per heavy atom. The molecule has 0 aromatic carbocycles. The number of nitrogens with two attached hydrogens (primary N) is 1. The summed E-state index contributed by atoms with van der Waals surface area (Å²) in [4.78, 5) is 32.6. The molecule has 2 amide bonds. The van der Waals surface area contributed by atoms with E-state index in [2.05, 4.69) is 46.1 Å². The zero-order chi connectivity index (χ0) is 25.5. The molecule has 0 unspecified atom stereocenters. The van der Waals surface area contributed by atoms with Gasteiger partial charge in [0.1, 0.15) is 0 Å². The van der Waals surface area contributed by atoms with Crippen LogP contribution in [0.5, 0.6) is 0 Å². The molecule has 0 saturated carbocycles. The van der Waals surface area contributed by atoms with E-state index in [1.54, 1.807) is 0 Å². The normalized spacial score (nSPS) is 19.0. The largest absolute Gasteiger partial charge is 0.370 e. The number of carbonyl (C=O) groups excluding carboxylic acids is 2. The van der Waals surface area contributed by atoms with Crippen molar-refractivity contribution in [3.05, 3.63) is 0 Å². The third-order valence-corrected chi connectivity index (χ3v) is 7.94. The molecule has 2 fully saturated rings. The predicted molar refractivity (Wildman–Crippen MR) is 144 cm³/mol. The molecule has 0 aromatic heterocycles. The Hall–Kier alpha value is -1.22. The van der Waals surface area contributed by atoms with E-state index in [0.29, 0.717) is 12.8 Å². The highest BCUT2D eigenvalue weighted by molar-refractivity contribution is 5.76. The van der Waals surface area contributed by atoms with E-state index in [1.165, 1.54) is 44.9 Å². The van der Waals surface area contributed by atoms with Crippen LogP contribution in [0.15, 0.2) is 0 Å². The van der Waals surface area contributed by atoms with E-state index in [1.807, 2.05) is 0 Å². The van der Waals surface area contributed by atoms with Gasteiger partial charge in [0, 0.05) is 45.6 Å². The van der Waals surface area contributed by atoms with Crippen molar-refractivity contribution in [2.75, 3.05) is 86.6 Å². The number of likely N-dealkylation sites (tertiary alicyclic amines) is 2. The molecule has 2 saturated heterocycles. The minimum atomic E-state index is -0.188. The second-order valence-electron chi connectivity index (χ2n) is 11.3. The van der Waals surface area contributed by atoms with Gasteiger partial charge in [-0.1, -0.05) is 19.3 Å². The maximum absolute atomic E-state index is 12.2. The smallest absolute Gasteiger partial charge is 0.221 e. The summed E-state index contributed by atoms with van der Waals surface area (Å²) < 4.78 is 0. The molecule has 0 radical (unpaired) electrons. The number of amides is 2. The van der Waals surface area contributed by atoms with E-state index in [9.17, 15) is 9.59 Å². The predicted octanol–water partition coefficient (Wildman–Crippen LogP) is 1.85. The molecule has 0 aliphatic carbocycles. The standard InChI is InChI=1S/C27H54N6O2/c1-30(2)22-23-31(3)15-5-14-29-27(35)13-21-33-18-10-25(11-19-33)7-4-6-24-8-16-32(17-9-24)20-12-26(28)34/h24-25H,4-23H2,1-3H3,(H2,28,34)(H,29,35). The lowest BCUT2D eigenvalue weighted by Crippen LogP contribution is -2.37. The molecule has 35 heavy (non-hydrogen) atoms. The highest BCUT2D eigenvalue weighted by atomic mass is 16.1. The van der Waals surface area contributed by atoms with Crippen LogP contribution < -0.4 is 11.1 Å². The van der Waals surface area contributed by atoms with Gasteiger partial charge in [-0.3, -0.25) is 9.59 Å². The monoisotopic (exact) mass is 494 g/mol. The molecule has 0 aromatic rings. The molecule has 2 aliphatic heterocycles. The molecule has 2 rings (SSSR count).